The van der Waals surface area contributed by atoms with Crippen molar-refractivity contribution in [1.82, 2.24) is 40.2 Å². The third-order valence-electron chi connectivity index (χ3n) is 7.92. The summed E-state index contributed by atoms with van der Waals surface area (Å²) in [6.07, 6.45) is -1.30. The number of halogens is 3. The van der Waals surface area contributed by atoms with E-state index in [1.54, 1.807) is 36.1 Å². The van der Waals surface area contributed by atoms with Gasteiger partial charge >= 0.3 is 12.2 Å². The molecule has 238 valence electrons. The number of anilines is 1. The first-order valence-electron chi connectivity index (χ1n) is 14.4. The molecule has 2 fully saturated rings. The molecule has 1 unspecified atom stereocenters. The molecule has 4 amide bonds. The van der Waals surface area contributed by atoms with Crippen molar-refractivity contribution in [3.8, 4) is 17.3 Å². The lowest BCUT2D eigenvalue weighted by molar-refractivity contribution is -0.141. The van der Waals surface area contributed by atoms with Gasteiger partial charge in [-0.25, -0.2) is 9.78 Å². The molecule has 1 aromatic carbocycles. The zero-order valence-electron chi connectivity index (χ0n) is 24.9. The minimum absolute atomic E-state index is 0.00365. The Hall–Kier alpha value is -4.91. The smallest absolute Gasteiger partial charge is 0.349 e. The molecule has 1 atom stereocenters. The van der Waals surface area contributed by atoms with Gasteiger partial charge in [0.2, 0.25) is 0 Å². The predicted molar refractivity (Wildman–Crippen MR) is 156 cm³/mol. The first-order chi connectivity index (χ1) is 21.3. The van der Waals surface area contributed by atoms with E-state index in [0.717, 1.165) is 23.6 Å². The third kappa shape index (κ3) is 6.93. The molecule has 1 aliphatic carbocycles. The molecule has 1 saturated carbocycles. The molecule has 13 nitrogen and oxygen atoms in total. The average Bonchev–Trinajstić information content (AvgIpc) is 3.55. The molecular weight excluding hydrogens is 593 g/mol. The topological polar surface area (TPSA) is 162 Å². The van der Waals surface area contributed by atoms with E-state index in [4.69, 9.17) is 5.26 Å². The molecule has 2 aromatic heterocycles. The Balaban J connectivity index is 1.18. The molecule has 3 aromatic rings. The number of alkyl halides is 3. The summed E-state index contributed by atoms with van der Waals surface area (Å²) in [5.74, 6) is -1.10. The van der Waals surface area contributed by atoms with Crippen LogP contribution in [0.25, 0.3) is 11.3 Å². The van der Waals surface area contributed by atoms with E-state index in [1.807, 2.05) is 6.92 Å². The summed E-state index contributed by atoms with van der Waals surface area (Å²) >= 11 is 0. The molecular formula is C29H33F3N10O3. The summed E-state index contributed by atoms with van der Waals surface area (Å²) < 4.78 is 42.9. The number of hydrogen-bond acceptors (Lipinski definition) is 7. The Morgan fingerprint density at radius 1 is 1.16 bits per heavy atom. The number of nitrogens with zero attached hydrogens (tertiary/aromatic N) is 6. The summed E-state index contributed by atoms with van der Waals surface area (Å²) in [4.78, 5) is 44.3. The van der Waals surface area contributed by atoms with Crippen molar-refractivity contribution in [2.45, 2.75) is 57.5 Å². The number of urea groups is 1. The molecule has 3 heterocycles. The van der Waals surface area contributed by atoms with Crippen LogP contribution >= 0.6 is 0 Å². The monoisotopic (exact) mass is 626 g/mol. The lowest BCUT2D eigenvalue weighted by Crippen LogP contribution is -2.59. The first kappa shape index (κ1) is 31.5. The maximum Gasteiger partial charge on any atom is 0.435 e. The van der Waals surface area contributed by atoms with Crippen molar-refractivity contribution in [1.29, 1.82) is 5.26 Å². The van der Waals surface area contributed by atoms with Crippen LogP contribution in [0.5, 0.6) is 0 Å². The molecule has 1 saturated heterocycles. The van der Waals surface area contributed by atoms with Gasteiger partial charge in [0.05, 0.1) is 23.5 Å². The van der Waals surface area contributed by atoms with Gasteiger partial charge in [0.1, 0.15) is 6.54 Å². The maximum atomic E-state index is 13.6. The van der Waals surface area contributed by atoms with Crippen LogP contribution in [-0.2, 0) is 19.8 Å². The molecule has 5 rings (SSSR count). The van der Waals surface area contributed by atoms with Gasteiger partial charge in [0.25, 0.3) is 11.8 Å². The molecule has 1 aliphatic heterocycles. The zero-order chi connectivity index (χ0) is 32.5. The number of nitriles is 1. The number of imidazole rings is 1. The molecule has 0 spiro atoms. The second-order valence-corrected chi connectivity index (χ2v) is 11.3. The molecule has 45 heavy (non-hydrogen) atoms. The van der Waals surface area contributed by atoms with Crippen molar-refractivity contribution in [3.63, 3.8) is 0 Å². The van der Waals surface area contributed by atoms with Gasteiger partial charge in [0.15, 0.2) is 11.5 Å². The Labute approximate surface area is 256 Å². The highest BCUT2D eigenvalue weighted by molar-refractivity contribution is 6.03. The van der Waals surface area contributed by atoms with Crippen LogP contribution in [0, 0.1) is 18.3 Å². The molecule has 2 aliphatic rings. The SMILES string of the molecule is Cc1cc(NC(=O)c2ncc(-c3cn(CC#N)nc3C(F)(F)F)n2C)ccc1C(=O)NC1CC(NC(=O)N2CCNC(C)C2)C1. The molecule has 4 N–H and O–H groups in total. The summed E-state index contributed by atoms with van der Waals surface area (Å²) in [6.45, 7) is 5.44. The Morgan fingerprint density at radius 3 is 2.56 bits per heavy atom. The van der Waals surface area contributed by atoms with Crippen LogP contribution in [0.15, 0.2) is 30.6 Å². The van der Waals surface area contributed by atoms with Crippen molar-refractivity contribution in [2.24, 2.45) is 7.05 Å². The largest absolute Gasteiger partial charge is 0.435 e. The van der Waals surface area contributed by atoms with Crippen LogP contribution in [-0.4, -0.2) is 79.8 Å². The highest BCUT2D eigenvalue weighted by Crippen LogP contribution is 2.36. The molecule has 0 bridgehead atoms. The normalized spacial score (nSPS) is 19.8. The second kappa shape index (κ2) is 12.6. The molecule has 16 heteroatoms. The van der Waals surface area contributed by atoms with Gasteiger partial charge in [-0.05, 0) is 50.5 Å². The number of amides is 4. The van der Waals surface area contributed by atoms with E-state index < -0.39 is 17.8 Å². The van der Waals surface area contributed by atoms with Crippen molar-refractivity contribution >= 4 is 23.5 Å². The number of piperazine rings is 1. The highest BCUT2D eigenvalue weighted by Gasteiger charge is 2.39. The number of aryl methyl sites for hydroxylation is 1. The zero-order valence-corrected chi connectivity index (χ0v) is 24.9. The minimum Gasteiger partial charge on any atom is -0.349 e. The lowest BCUT2D eigenvalue weighted by Gasteiger charge is -2.39. The fourth-order valence-electron chi connectivity index (χ4n) is 5.52. The van der Waals surface area contributed by atoms with E-state index in [1.165, 1.54) is 11.6 Å². The van der Waals surface area contributed by atoms with Gasteiger partial charge in [-0.2, -0.15) is 23.5 Å². The van der Waals surface area contributed by atoms with Crippen LogP contribution in [0.4, 0.5) is 23.7 Å². The fraction of sp³-hybridized carbons (Fsp3) is 0.448. The van der Waals surface area contributed by atoms with E-state index in [2.05, 4.69) is 31.3 Å². The van der Waals surface area contributed by atoms with Gasteiger partial charge in [-0.15, -0.1) is 0 Å². The number of nitrogens with one attached hydrogen (secondary N) is 4. The number of rotatable bonds is 7. The first-order valence-corrected chi connectivity index (χ1v) is 14.4. The van der Waals surface area contributed by atoms with Crippen LogP contribution in [0.1, 0.15) is 52.0 Å². The van der Waals surface area contributed by atoms with Gasteiger partial charge in [-0.1, -0.05) is 0 Å². The van der Waals surface area contributed by atoms with Crippen molar-refractivity contribution < 1.29 is 27.6 Å². The van der Waals surface area contributed by atoms with E-state index >= 15 is 0 Å². The Morgan fingerprint density at radius 2 is 1.89 bits per heavy atom. The average molecular weight is 627 g/mol. The number of benzene rings is 1. The van der Waals surface area contributed by atoms with E-state index in [0.29, 0.717) is 42.7 Å². The minimum atomic E-state index is -4.78. The summed E-state index contributed by atoms with van der Waals surface area (Å²) in [7, 11) is 1.40. The van der Waals surface area contributed by atoms with E-state index in [-0.39, 0.29) is 53.7 Å². The number of aromatic nitrogens is 4. The number of carbonyl (C=O) groups excluding carboxylic acids is 3. The quantitative estimate of drug-likeness (QED) is 0.314. The van der Waals surface area contributed by atoms with Crippen LogP contribution in [0.2, 0.25) is 0 Å². The molecule has 0 radical (unpaired) electrons. The van der Waals surface area contributed by atoms with Crippen molar-refractivity contribution in [3.05, 3.63) is 53.2 Å². The summed E-state index contributed by atoms with van der Waals surface area (Å²) in [5.41, 5.74) is -0.121. The van der Waals surface area contributed by atoms with Gasteiger partial charge in [-0.3, -0.25) is 14.3 Å². The van der Waals surface area contributed by atoms with Crippen molar-refractivity contribution in [2.75, 3.05) is 25.0 Å². The predicted octanol–water partition coefficient (Wildman–Crippen LogP) is 2.65. The van der Waals surface area contributed by atoms with Crippen LogP contribution in [0.3, 0.4) is 0 Å². The highest BCUT2D eigenvalue weighted by atomic mass is 19.4. The fourth-order valence-corrected chi connectivity index (χ4v) is 5.52. The Bertz CT molecular complexity index is 1650. The van der Waals surface area contributed by atoms with E-state index in [9.17, 15) is 27.6 Å². The van der Waals surface area contributed by atoms with Crippen LogP contribution < -0.4 is 21.3 Å². The summed E-state index contributed by atoms with van der Waals surface area (Å²) in [5, 5.41) is 24.3. The third-order valence-corrected chi connectivity index (χ3v) is 7.92. The van der Waals surface area contributed by atoms with Gasteiger partial charge in [0, 0.05) is 62.3 Å². The Kier molecular flexibility index (Phi) is 8.82. The number of carbonyl (C=O) groups is 3. The number of hydrogen-bond donors (Lipinski definition) is 4. The summed E-state index contributed by atoms with van der Waals surface area (Å²) in [6, 6.07) is 6.56. The van der Waals surface area contributed by atoms with Gasteiger partial charge < -0.3 is 30.7 Å². The lowest BCUT2D eigenvalue weighted by atomic mass is 9.86. The standard InChI is InChI=1S/C29H33F3N10O3/c1-16-10-18(4-5-21(16)26(43)37-19-11-20(12-19)38-28(45)41-9-7-34-17(2)14-41)36-27(44)25-35-13-23(40(25)3)22-15-42(8-6-33)39-24(22)29(30,31)32/h4-5,10,13,15,17,19-20,34H,7-9,11-12,14H2,1-3H3,(H,36,44)(H,37,43)(H,38,45). The second-order valence-electron chi connectivity index (χ2n) is 11.3. The maximum absolute atomic E-state index is 13.6.